The largest absolute Gasteiger partial charge is 0.508 e. The number of aliphatic imine (C=N–C) groups is 1. The number of carbonyl (C=O) groups excluding carboxylic acids is 1. The van der Waals surface area contributed by atoms with Crippen molar-refractivity contribution in [3.63, 3.8) is 0 Å². The number of aromatic nitrogens is 1. The van der Waals surface area contributed by atoms with Crippen LogP contribution in [0.25, 0.3) is 10.9 Å². The number of anilines is 2. The first-order valence-corrected chi connectivity index (χ1v) is 12.5. The molecule has 0 saturated carbocycles. The number of phenolic OH excluding ortho intramolecular Hbond substituents is 1. The number of quaternary nitrogens is 1. The molecule has 2 aliphatic heterocycles. The maximum Gasteiger partial charge on any atom is 0.312 e. The number of aromatic hydroxyl groups is 1. The number of likely N-dealkylation sites (tertiary alicyclic amines) is 1. The molecule has 0 aliphatic carbocycles. The summed E-state index contributed by atoms with van der Waals surface area (Å²) in [6.45, 7) is 1.57. The van der Waals surface area contributed by atoms with Gasteiger partial charge in [0.25, 0.3) is 0 Å². The Hall–Kier alpha value is -3.81. The van der Waals surface area contributed by atoms with E-state index in [0.717, 1.165) is 65.2 Å². The van der Waals surface area contributed by atoms with Crippen molar-refractivity contribution in [2.75, 3.05) is 25.5 Å². The highest BCUT2D eigenvalue weighted by molar-refractivity contribution is 6.31. The molecule has 4 N–H and O–H groups in total. The first-order chi connectivity index (χ1) is 17.4. The summed E-state index contributed by atoms with van der Waals surface area (Å²) in [6, 6.07) is 20.8. The molecule has 3 heterocycles. The normalized spacial score (nSPS) is 21.1. The number of fused-ring (bicyclic) bond motifs is 3. The van der Waals surface area contributed by atoms with E-state index in [9.17, 15) is 9.90 Å². The van der Waals surface area contributed by atoms with Gasteiger partial charge in [-0.05, 0) is 48.5 Å². The summed E-state index contributed by atoms with van der Waals surface area (Å²) in [7, 11) is 2.06. The summed E-state index contributed by atoms with van der Waals surface area (Å²) < 4.78 is 0.450. The predicted octanol–water partition coefficient (Wildman–Crippen LogP) is 5.91. The van der Waals surface area contributed by atoms with Gasteiger partial charge in [-0.3, -0.25) is 9.79 Å². The molecule has 36 heavy (non-hydrogen) atoms. The third-order valence-electron chi connectivity index (χ3n) is 7.22. The topological polar surface area (TPSA) is 89.5 Å². The highest BCUT2D eigenvalue weighted by Gasteiger charge is 2.36. The molecule has 4 aromatic rings. The van der Waals surface area contributed by atoms with Crippen LogP contribution < -0.4 is 10.7 Å². The summed E-state index contributed by atoms with van der Waals surface area (Å²) >= 11 is 6.29. The predicted molar refractivity (Wildman–Crippen MR) is 143 cm³/mol. The average molecular weight is 501 g/mol. The van der Waals surface area contributed by atoms with Crippen molar-refractivity contribution >= 4 is 51.2 Å². The maximum absolute atomic E-state index is 13.1. The van der Waals surface area contributed by atoms with Crippen LogP contribution in [0.4, 0.5) is 17.1 Å². The first-order valence-electron chi connectivity index (χ1n) is 12.1. The van der Waals surface area contributed by atoms with Crippen molar-refractivity contribution in [1.82, 2.24) is 10.4 Å². The van der Waals surface area contributed by atoms with Crippen LogP contribution >= 0.6 is 11.6 Å². The Bertz CT molecular complexity index is 1520. The zero-order chi connectivity index (χ0) is 24.9. The monoisotopic (exact) mass is 500 g/mol. The zero-order valence-electron chi connectivity index (χ0n) is 19.9. The summed E-state index contributed by atoms with van der Waals surface area (Å²) in [5.74, 6) is 0.284. The first kappa shape index (κ1) is 22.6. The fourth-order valence-electron chi connectivity index (χ4n) is 5.24. The van der Waals surface area contributed by atoms with Crippen molar-refractivity contribution in [2.24, 2.45) is 10.9 Å². The number of piperidine rings is 1. The van der Waals surface area contributed by atoms with Gasteiger partial charge >= 0.3 is 5.91 Å². The van der Waals surface area contributed by atoms with Gasteiger partial charge in [0.2, 0.25) is 0 Å². The lowest BCUT2D eigenvalue weighted by atomic mass is 9.87. The number of phenols is 1. The smallest absolute Gasteiger partial charge is 0.312 e. The Morgan fingerprint density at radius 1 is 1.06 bits per heavy atom. The van der Waals surface area contributed by atoms with Gasteiger partial charge in [0.1, 0.15) is 24.5 Å². The highest BCUT2D eigenvalue weighted by atomic mass is 35.5. The molecule has 1 fully saturated rings. The molecule has 7 nitrogen and oxygen atoms in total. The van der Waals surface area contributed by atoms with Gasteiger partial charge in [-0.25, -0.2) is 4.59 Å². The SMILES string of the molecule is C[N+]1(NC(=O)c2cc3cc(O)ccc3[nH]2)CCC(C2=Nc3cc(Cl)ccc3Nc3ccccc32)CC1. The molecule has 0 spiro atoms. The molecule has 3 aromatic carbocycles. The lowest BCUT2D eigenvalue weighted by molar-refractivity contribution is -0.947. The second-order valence-electron chi connectivity index (χ2n) is 9.84. The molecule has 6 rings (SSSR count). The van der Waals surface area contributed by atoms with Gasteiger partial charge in [-0.15, -0.1) is 0 Å². The number of amides is 1. The fourth-order valence-corrected chi connectivity index (χ4v) is 5.40. The van der Waals surface area contributed by atoms with Crippen molar-refractivity contribution in [3.8, 4) is 5.75 Å². The molecule has 0 atom stereocenters. The number of hydrogen-bond acceptors (Lipinski definition) is 4. The van der Waals surface area contributed by atoms with E-state index < -0.39 is 0 Å². The molecule has 8 heteroatoms. The Kier molecular flexibility index (Phi) is 5.47. The molecule has 2 aliphatic rings. The van der Waals surface area contributed by atoms with E-state index in [4.69, 9.17) is 16.6 Å². The molecular formula is C28H27ClN5O2+. The van der Waals surface area contributed by atoms with Crippen molar-refractivity contribution in [2.45, 2.75) is 12.8 Å². The number of nitrogens with one attached hydrogen (secondary N) is 3. The van der Waals surface area contributed by atoms with Gasteiger partial charge in [0.05, 0.1) is 24.1 Å². The third kappa shape index (κ3) is 4.21. The zero-order valence-corrected chi connectivity index (χ0v) is 20.6. The Balaban J connectivity index is 1.22. The van der Waals surface area contributed by atoms with Gasteiger partial charge in [0, 0.05) is 45.9 Å². The maximum atomic E-state index is 13.1. The van der Waals surface area contributed by atoms with E-state index in [-0.39, 0.29) is 17.6 Å². The van der Waals surface area contributed by atoms with E-state index in [1.54, 1.807) is 24.3 Å². The van der Waals surface area contributed by atoms with Crippen LogP contribution in [-0.4, -0.2) is 46.4 Å². The van der Waals surface area contributed by atoms with Crippen LogP contribution in [0.3, 0.4) is 0 Å². The summed E-state index contributed by atoms with van der Waals surface area (Å²) in [6.07, 6.45) is 1.78. The van der Waals surface area contributed by atoms with Crippen molar-refractivity contribution < 1.29 is 14.5 Å². The molecule has 0 radical (unpaired) electrons. The molecule has 1 amide bonds. The summed E-state index contributed by atoms with van der Waals surface area (Å²) in [4.78, 5) is 21.3. The number of aromatic amines is 1. The van der Waals surface area contributed by atoms with E-state index in [0.29, 0.717) is 15.3 Å². The van der Waals surface area contributed by atoms with Crippen LogP contribution in [0.5, 0.6) is 5.75 Å². The van der Waals surface area contributed by atoms with Crippen LogP contribution in [0.15, 0.2) is 71.7 Å². The van der Waals surface area contributed by atoms with E-state index in [2.05, 4.69) is 34.9 Å². The van der Waals surface area contributed by atoms with Crippen LogP contribution in [-0.2, 0) is 0 Å². The Morgan fingerprint density at radius 3 is 2.69 bits per heavy atom. The minimum atomic E-state index is -0.156. The van der Waals surface area contributed by atoms with Gasteiger partial charge in [-0.2, -0.15) is 5.43 Å². The summed E-state index contributed by atoms with van der Waals surface area (Å²) in [5, 5.41) is 14.7. The minimum absolute atomic E-state index is 0.156. The summed E-state index contributed by atoms with van der Waals surface area (Å²) in [5.41, 5.74) is 9.50. The fraction of sp³-hybridized carbons (Fsp3) is 0.214. The Labute approximate surface area is 214 Å². The second kappa shape index (κ2) is 8.69. The lowest BCUT2D eigenvalue weighted by Crippen LogP contribution is -2.61. The van der Waals surface area contributed by atoms with Gasteiger partial charge in [0.15, 0.2) is 0 Å². The number of para-hydroxylation sites is 1. The number of H-pyrrole nitrogens is 1. The number of halogens is 1. The molecule has 0 unspecified atom stereocenters. The molecule has 1 saturated heterocycles. The molecular weight excluding hydrogens is 474 g/mol. The lowest BCUT2D eigenvalue weighted by Gasteiger charge is -2.39. The number of benzene rings is 3. The number of hydrogen-bond donors (Lipinski definition) is 4. The number of nitrogens with zero attached hydrogens (tertiary/aromatic N) is 2. The Morgan fingerprint density at radius 2 is 1.86 bits per heavy atom. The quantitative estimate of drug-likeness (QED) is 0.264. The van der Waals surface area contributed by atoms with Crippen LogP contribution in [0.2, 0.25) is 5.02 Å². The number of rotatable bonds is 3. The van der Waals surface area contributed by atoms with Crippen molar-refractivity contribution in [3.05, 3.63) is 83.0 Å². The standard InChI is InChI=1S/C28H26ClN5O2/c1-34(33-28(36)26-15-18-14-20(35)7-9-22(18)30-26)12-10-17(11-13-34)27-21-4-2-3-5-23(21)31-24-8-6-19(29)16-25(24)32-27/h2-9,14-17H,10-13H2,1H3,(H3-,30,31,32,33,35,36)/p+1. The second-order valence-corrected chi connectivity index (χ2v) is 10.3. The molecule has 0 bridgehead atoms. The van der Waals surface area contributed by atoms with Crippen molar-refractivity contribution in [1.29, 1.82) is 0 Å². The molecule has 1 aromatic heterocycles. The average Bonchev–Trinajstić information content (AvgIpc) is 3.21. The minimum Gasteiger partial charge on any atom is -0.508 e. The van der Waals surface area contributed by atoms with Gasteiger partial charge in [-0.1, -0.05) is 29.8 Å². The van der Waals surface area contributed by atoms with Crippen LogP contribution in [0.1, 0.15) is 28.9 Å². The number of carbonyl (C=O) groups is 1. The molecule has 182 valence electrons. The highest BCUT2D eigenvalue weighted by Crippen LogP contribution is 2.39. The van der Waals surface area contributed by atoms with E-state index in [1.807, 2.05) is 30.3 Å². The van der Waals surface area contributed by atoms with Gasteiger partial charge < -0.3 is 15.4 Å². The van der Waals surface area contributed by atoms with E-state index >= 15 is 0 Å². The van der Waals surface area contributed by atoms with Crippen LogP contribution in [0, 0.1) is 5.92 Å². The third-order valence-corrected chi connectivity index (χ3v) is 7.46. The van der Waals surface area contributed by atoms with E-state index in [1.165, 1.54) is 0 Å².